The van der Waals surface area contributed by atoms with Crippen molar-refractivity contribution in [2.24, 2.45) is 11.8 Å². The van der Waals surface area contributed by atoms with Crippen LogP contribution in [0.4, 0.5) is 0 Å². The van der Waals surface area contributed by atoms with Crippen LogP contribution in [0.25, 0.3) is 0 Å². The van der Waals surface area contributed by atoms with Crippen molar-refractivity contribution in [3.8, 4) is 23.8 Å². The number of hydrogen-bond acceptors (Lipinski definition) is 3. The number of benzene rings is 1. The molecule has 1 aromatic rings. The molecule has 1 rings (SSSR count). The van der Waals surface area contributed by atoms with E-state index in [1.807, 2.05) is 25.1 Å². The molecule has 2 atom stereocenters. The molecule has 0 unspecified atom stereocenters. The number of hydrogen-bond donors (Lipinski definition) is 1. The molecule has 0 heterocycles. The van der Waals surface area contributed by atoms with Gasteiger partial charge in [-0.15, -0.1) is 12.3 Å². The molecule has 0 amide bonds. The maximum atomic E-state index is 9.69. The van der Waals surface area contributed by atoms with Gasteiger partial charge in [0.05, 0.1) is 0 Å². The molecule has 5 heteroatoms. The third-order valence-corrected chi connectivity index (χ3v) is 15.7. The first kappa shape index (κ1) is 26.8. The molecule has 0 aromatic heterocycles. The Kier molecular flexibility index (Phi) is 8.49. The highest BCUT2D eigenvalue weighted by molar-refractivity contribution is 6.75. The molecule has 1 aromatic carbocycles. The van der Waals surface area contributed by atoms with Crippen molar-refractivity contribution in [1.82, 2.24) is 0 Å². The van der Waals surface area contributed by atoms with E-state index in [-0.39, 0.29) is 28.5 Å². The summed E-state index contributed by atoms with van der Waals surface area (Å²) in [6.45, 7) is 24.6. The minimum Gasteiger partial charge on any atom is -0.543 e. The first-order chi connectivity index (χ1) is 13.5. The first-order valence-electron chi connectivity index (χ1n) is 11.0. The Hall–Kier alpha value is -1.23. The van der Waals surface area contributed by atoms with Crippen LogP contribution in [-0.2, 0) is 6.42 Å². The highest BCUT2D eigenvalue weighted by atomic mass is 28.4. The Morgan fingerprint density at radius 1 is 0.933 bits per heavy atom. The number of aliphatic hydroxyl groups excluding tert-OH is 1. The monoisotopic (exact) mass is 448 g/mol. The molecule has 0 radical (unpaired) electrons. The van der Waals surface area contributed by atoms with E-state index in [1.165, 1.54) is 0 Å². The fourth-order valence-electron chi connectivity index (χ4n) is 2.57. The zero-order chi connectivity index (χ0) is 23.5. The molecular formula is C25H44O3Si2. The topological polar surface area (TPSA) is 38.7 Å². The van der Waals surface area contributed by atoms with E-state index >= 15 is 0 Å². The van der Waals surface area contributed by atoms with Gasteiger partial charge >= 0.3 is 0 Å². The zero-order valence-electron chi connectivity index (χ0n) is 21.1. The van der Waals surface area contributed by atoms with Crippen molar-refractivity contribution in [3.63, 3.8) is 0 Å². The largest absolute Gasteiger partial charge is 0.543 e. The second-order valence-corrected chi connectivity index (χ2v) is 21.0. The summed E-state index contributed by atoms with van der Waals surface area (Å²) in [6.07, 6.45) is 6.50. The summed E-state index contributed by atoms with van der Waals surface area (Å²) in [7, 11) is -4.07. The lowest BCUT2D eigenvalue weighted by Gasteiger charge is -2.39. The van der Waals surface area contributed by atoms with Gasteiger partial charge < -0.3 is 14.0 Å². The highest BCUT2D eigenvalue weighted by Crippen LogP contribution is 2.43. The molecule has 170 valence electrons. The molecule has 0 aliphatic heterocycles. The molecule has 0 fully saturated rings. The second-order valence-electron chi connectivity index (χ2n) is 11.6. The van der Waals surface area contributed by atoms with Gasteiger partial charge in [0.15, 0.2) is 0 Å². The lowest BCUT2D eigenvalue weighted by Crippen LogP contribution is -2.45. The van der Waals surface area contributed by atoms with Gasteiger partial charge in [-0.2, -0.15) is 0 Å². The van der Waals surface area contributed by atoms with E-state index in [0.29, 0.717) is 6.42 Å². The van der Waals surface area contributed by atoms with Crippen LogP contribution in [-0.4, -0.2) is 28.3 Å². The van der Waals surface area contributed by atoms with Crippen LogP contribution in [0.15, 0.2) is 18.2 Å². The highest BCUT2D eigenvalue weighted by Gasteiger charge is 2.41. The van der Waals surface area contributed by atoms with Gasteiger partial charge in [-0.1, -0.05) is 54.5 Å². The predicted octanol–water partition coefficient (Wildman–Crippen LogP) is 6.87. The summed E-state index contributed by atoms with van der Waals surface area (Å²) < 4.78 is 13.5. The molecule has 0 saturated heterocycles. The normalized spacial score (nSPS) is 15.3. The average Bonchev–Trinajstić information content (AvgIpc) is 2.58. The van der Waals surface area contributed by atoms with Crippen LogP contribution >= 0.6 is 0 Å². The summed E-state index contributed by atoms with van der Waals surface area (Å²) in [6, 6.07) is 6.12. The third kappa shape index (κ3) is 6.39. The summed E-state index contributed by atoms with van der Waals surface area (Å²) in [5.41, 5.74) is 1.04. The summed E-state index contributed by atoms with van der Waals surface area (Å²) in [5.74, 6) is 4.58. The number of rotatable bonds is 8. The van der Waals surface area contributed by atoms with E-state index in [0.717, 1.165) is 17.1 Å². The minimum atomic E-state index is -2.04. The van der Waals surface area contributed by atoms with E-state index in [4.69, 9.17) is 15.3 Å². The van der Waals surface area contributed by atoms with Crippen molar-refractivity contribution < 1.29 is 14.0 Å². The van der Waals surface area contributed by atoms with Gasteiger partial charge in [0.25, 0.3) is 0 Å². The van der Waals surface area contributed by atoms with Crippen molar-refractivity contribution in [1.29, 1.82) is 0 Å². The summed E-state index contributed by atoms with van der Waals surface area (Å²) in [5, 5.41) is 9.87. The van der Waals surface area contributed by atoms with Crippen molar-refractivity contribution in [3.05, 3.63) is 23.8 Å². The molecule has 0 aliphatic rings. The Labute approximate surface area is 187 Å². The Balaban J connectivity index is 3.54. The molecule has 3 nitrogen and oxygen atoms in total. The van der Waals surface area contributed by atoms with Crippen LogP contribution in [0.5, 0.6) is 11.5 Å². The smallest absolute Gasteiger partial charge is 0.250 e. The van der Waals surface area contributed by atoms with Crippen LogP contribution in [0.2, 0.25) is 36.3 Å². The number of terminal acetylenes is 1. The van der Waals surface area contributed by atoms with E-state index in [9.17, 15) is 5.11 Å². The molecule has 0 bridgehead atoms. The molecule has 0 aliphatic carbocycles. The second kappa shape index (κ2) is 9.50. The number of aliphatic hydroxyl groups is 1. The summed E-state index contributed by atoms with van der Waals surface area (Å²) in [4.78, 5) is 0. The molecule has 30 heavy (non-hydrogen) atoms. The van der Waals surface area contributed by atoms with Gasteiger partial charge in [0.2, 0.25) is 16.6 Å². The van der Waals surface area contributed by atoms with Crippen LogP contribution in [0, 0.1) is 24.2 Å². The lowest BCUT2D eigenvalue weighted by atomic mass is 9.88. The van der Waals surface area contributed by atoms with Gasteiger partial charge in [-0.3, -0.25) is 0 Å². The van der Waals surface area contributed by atoms with Crippen molar-refractivity contribution in [2.75, 3.05) is 6.61 Å². The van der Waals surface area contributed by atoms with Gasteiger partial charge in [-0.05, 0) is 60.7 Å². The molecule has 0 spiro atoms. The Bertz CT molecular complexity index is 703. The zero-order valence-corrected chi connectivity index (χ0v) is 23.1. The van der Waals surface area contributed by atoms with E-state index < -0.39 is 16.6 Å². The first-order valence-corrected chi connectivity index (χ1v) is 16.9. The fourth-order valence-corrected chi connectivity index (χ4v) is 4.66. The van der Waals surface area contributed by atoms with Crippen molar-refractivity contribution in [2.45, 2.75) is 91.2 Å². The maximum Gasteiger partial charge on any atom is 0.250 e. The van der Waals surface area contributed by atoms with Crippen LogP contribution in [0.1, 0.15) is 54.0 Å². The van der Waals surface area contributed by atoms with Crippen molar-refractivity contribution >= 4 is 16.6 Å². The van der Waals surface area contributed by atoms with E-state index in [2.05, 4.69) is 73.7 Å². The third-order valence-electron chi connectivity index (χ3n) is 7.05. The standard InChI is InChI=1S/C25H44O3Si2/c1-13-20(19(2)18-26)17-21-22(27-29(9,10)24(3,4)5)15-14-16-23(21)28-30(11,12)25(6,7)8/h1,14-16,19-20,26H,17-18H2,2-12H3/t19-,20+/m0/s1. The van der Waals surface area contributed by atoms with Gasteiger partial charge in [0, 0.05) is 18.1 Å². The molecule has 1 N–H and O–H groups in total. The van der Waals surface area contributed by atoms with Crippen LogP contribution < -0.4 is 8.85 Å². The van der Waals surface area contributed by atoms with Gasteiger partial charge in [-0.25, -0.2) is 0 Å². The Morgan fingerprint density at radius 3 is 1.63 bits per heavy atom. The quantitative estimate of drug-likeness (QED) is 0.348. The van der Waals surface area contributed by atoms with Crippen LogP contribution in [0.3, 0.4) is 0 Å². The SMILES string of the molecule is C#C[C@H](Cc1c(O[Si](C)(C)C(C)(C)C)cccc1O[Si](C)(C)C(C)(C)C)[C@@H](C)CO. The predicted molar refractivity (Wildman–Crippen MR) is 134 cm³/mol. The maximum absolute atomic E-state index is 9.69. The fraction of sp³-hybridized carbons (Fsp3) is 0.680. The Morgan fingerprint density at radius 2 is 1.33 bits per heavy atom. The average molecular weight is 449 g/mol. The summed E-state index contributed by atoms with van der Waals surface area (Å²) >= 11 is 0. The van der Waals surface area contributed by atoms with Gasteiger partial charge in [0.1, 0.15) is 11.5 Å². The lowest BCUT2D eigenvalue weighted by molar-refractivity contribution is 0.209. The minimum absolute atomic E-state index is 0.0108. The van der Waals surface area contributed by atoms with E-state index in [1.54, 1.807) is 0 Å². The molecular weight excluding hydrogens is 404 g/mol. The molecule has 0 saturated carbocycles.